The Labute approximate surface area is 352 Å². The molecule has 3 heterocycles. The molecule has 7 N–H and O–H groups in total. The van der Waals surface area contributed by atoms with Gasteiger partial charge in [0.1, 0.15) is 23.5 Å². The molecule has 0 unspecified atom stereocenters. The highest BCUT2D eigenvalue weighted by atomic mass is 16.5. The van der Waals surface area contributed by atoms with Gasteiger partial charge in [-0.2, -0.15) is 0 Å². The Hall–Kier alpha value is -6.24. The number of terminal acetylenes is 1. The molecule has 15 nitrogen and oxygen atoms in total. The SMILES string of the molecule is C#Cc1ccc(CNC(=O)[C@@H]2C[C@@H](O)CN2C(=O)[C@@H](NC(=O)CCN2CCN(c3ccc(NC(=O)c4cccc(C(N)=CC=N)n4)c(OC)c3)C[C@H]2C)C(C)(C)C)c(C)c1. The van der Waals surface area contributed by atoms with Gasteiger partial charge in [0.2, 0.25) is 17.7 Å². The van der Waals surface area contributed by atoms with Crippen molar-refractivity contribution in [3.8, 4) is 18.1 Å². The van der Waals surface area contributed by atoms with E-state index < -0.39 is 35.4 Å². The third kappa shape index (κ3) is 11.1. The van der Waals surface area contributed by atoms with Crippen molar-refractivity contribution in [2.45, 2.75) is 78.2 Å². The maximum atomic E-state index is 14.1. The number of aliphatic hydroxyl groups excluding tert-OH is 1. The molecule has 4 amide bonds. The van der Waals surface area contributed by atoms with E-state index >= 15 is 0 Å². The first-order valence-corrected chi connectivity index (χ1v) is 20.1. The number of ether oxygens (including phenoxy) is 1. The summed E-state index contributed by atoms with van der Waals surface area (Å²) in [6.45, 7) is 12.4. The maximum Gasteiger partial charge on any atom is 0.274 e. The first kappa shape index (κ1) is 44.9. The summed E-state index contributed by atoms with van der Waals surface area (Å²) >= 11 is 0. The number of anilines is 2. The molecular formula is C45H57N9O6. The molecule has 2 aliphatic heterocycles. The van der Waals surface area contributed by atoms with Crippen molar-refractivity contribution in [1.82, 2.24) is 25.4 Å². The average Bonchev–Trinajstić information content (AvgIpc) is 3.62. The van der Waals surface area contributed by atoms with Crippen molar-refractivity contribution < 1.29 is 29.0 Å². The lowest BCUT2D eigenvalue weighted by atomic mass is 9.85. The molecule has 2 saturated heterocycles. The number of amides is 4. The number of pyridine rings is 1. The van der Waals surface area contributed by atoms with E-state index in [-0.39, 0.29) is 55.2 Å². The molecule has 60 heavy (non-hydrogen) atoms. The van der Waals surface area contributed by atoms with Crippen LogP contribution in [0.15, 0.2) is 60.7 Å². The zero-order valence-electron chi connectivity index (χ0n) is 35.2. The molecule has 2 aliphatic rings. The predicted molar refractivity (Wildman–Crippen MR) is 232 cm³/mol. The summed E-state index contributed by atoms with van der Waals surface area (Å²) in [5.41, 5.74) is 10.1. The third-order valence-electron chi connectivity index (χ3n) is 11.0. The molecule has 1 aromatic heterocycles. The number of nitrogens with one attached hydrogen (secondary N) is 4. The van der Waals surface area contributed by atoms with Gasteiger partial charge in [-0.1, -0.05) is 38.8 Å². The third-order valence-corrected chi connectivity index (χ3v) is 11.0. The molecule has 5 rings (SSSR count). The van der Waals surface area contributed by atoms with Gasteiger partial charge in [-0.05, 0) is 72.9 Å². The average molecular weight is 820 g/mol. The number of nitrogens with zero attached hydrogens (tertiary/aromatic N) is 4. The molecule has 0 bridgehead atoms. The Bertz CT molecular complexity index is 2160. The van der Waals surface area contributed by atoms with Crippen LogP contribution in [0.2, 0.25) is 0 Å². The quantitative estimate of drug-likeness (QED) is 0.103. The second-order valence-corrected chi connectivity index (χ2v) is 16.4. The predicted octanol–water partition coefficient (Wildman–Crippen LogP) is 3.29. The van der Waals surface area contributed by atoms with Crippen molar-refractivity contribution >= 4 is 46.9 Å². The Morgan fingerprint density at radius 2 is 1.85 bits per heavy atom. The molecule has 318 valence electrons. The second kappa shape index (κ2) is 19.7. The Morgan fingerprint density at radius 1 is 1.10 bits per heavy atom. The number of piperazine rings is 1. The number of hydrogen-bond acceptors (Lipinski definition) is 11. The van der Waals surface area contributed by atoms with Gasteiger partial charge in [0.25, 0.3) is 5.91 Å². The zero-order chi connectivity index (χ0) is 43.7. The number of hydrogen-bond donors (Lipinski definition) is 6. The molecule has 2 fully saturated rings. The number of methoxy groups -OCH3 is 1. The highest BCUT2D eigenvalue weighted by Gasteiger charge is 2.44. The van der Waals surface area contributed by atoms with Crippen LogP contribution in [0.5, 0.6) is 5.75 Å². The highest BCUT2D eigenvalue weighted by Crippen LogP contribution is 2.32. The van der Waals surface area contributed by atoms with Crippen LogP contribution in [0.3, 0.4) is 0 Å². The number of likely N-dealkylation sites (tertiary alicyclic amines) is 1. The van der Waals surface area contributed by atoms with Gasteiger partial charge in [-0.25, -0.2) is 4.98 Å². The van der Waals surface area contributed by atoms with Crippen LogP contribution >= 0.6 is 0 Å². The van der Waals surface area contributed by atoms with E-state index in [1.165, 1.54) is 18.1 Å². The van der Waals surface area contributed by atoms with E-state index in [0.717, 1.165) is 28.6 Å². The maximum absolute atomic E-state index is 14.1. The molecule has 4 atom stereocenters. The van der Waals surface area contributed by atoms with Crippen LogP contribution in [-0.2, 0) is 20.9 Å². The monoisotopic (exact) mass is 819 g/mol. The fourth-order valence-corrected chi connectivity index (χ4v) is 7.51. The normalized spacial score (nSPS) is 18.9. The lowest BCUT2D eigenvalue weighted by Gasteiger charge is -2.41. The standard InChI is InChI=1S/C45H57N9O6/c1-8-30-12-13-31(28(2)22-30)25-48-43(58)38-24-33(55)27-54(38)44(59)41(45(4,5)6)51-40(56)17-19-52-20-21-53(26-29(52)3)32-14-15-36(39(23-32)60-7)50-42(57)37-11-9-10-35(49-37)34(47)16-18-46/h1,9-16,18,22-23,29,33,38,41,46,55H,17,19-21,24-27,47H2,2-7H3,(H,48,58)(H,50,57)(H,51,56)/t29-,33-,38+,41-/m1/s1. The minimum absolute atomic E-state index is 0.00631. The topological polar surface area (TPSA) is 206 Å². The van der Waals surface area contributed by atoms with Gasteiger partial charge in [0.15, 0.2) is 0 Å². The van der Waals surface area contributed by atoms with Gasteiger partial charge < -0.3 is 46.7 Å². The zero-order valence-corrected chi connectivity index (χ0v) is 35.2. The number of carbonyl (C=O) groups excluding carboxylic acids is 4. The Kier molecular flexibility index (Phi) is 14.7. The molecule has 3 aromatic rings. The Morgan fingerprint density at radius 3 is 2.52 bits per heavy atom. The molecular weight excluding hydrogens is 763 g/mol. The van der Waals surface area contributed by atoms with E-state index in [1.807, 2.05) is 58.0 Å². The van der Waals surface area contributed by atoms with E-state index in [9.17, 15) is 24.3 Å². The molecule has 0 radical (unpaired) electrons. The summed E-state index contributed by atoms with van der Waals surface area (Å²) in [5, 5.41) is 26.6. The van der Waals surface area contributed by atoms with Crippen LogP contribution in [0.4, 0.5) is 11.4 Å². The van der Waals surface area contributed by atoms with Crippen LogP contribution in [0, 0.1) is 30.1 Å². The molecule has 0 saturated carbocycles. The minimum atomic E-state index is -0.920. The summed E-state index contributed by atoms with van der Waals surface area (Å²) in [7, 11) is 1.54. The largest absolute Gasteiger partial charge is 0.494 e. The number of nitrogens with two attached hydrogens (primary N) is 1. The van der Waals surface area contributed by atoms with E-state index in [0.29, 0.717) is 43.3 Å². The second-order valence-electron chi connectivity index (χ2n) is 16.4. The molecule has 2 aromatic carbocycles. The van der Waals surface area contributed by atoms with Gasteiger partial charge in [0, 0.05) is 81.7 Å². The number of aryl methyl sites for hydroxylation is 1. The van der Waals surface area contributed by atoms with Crippen LogP contribution < -0.4 is 31.3 Å². The lowest BCUT2D eigenvalue weighted by molar-refractivity contribution is -0.144. The summed E-state index contributed by atoms with van der Waals surface area (Å²) in [5.74, 6) is 1.58. The van der Waals surface area contributed by atoms with Crippen molar-refractivity contribution in [3.05, 3.63) is 88.8 Å². The van der Waals surface area contributed by atoms with E-state index in [1.54, 1.807) is 24.3 Å². The minimum Gasteiger partial charge on any atom is -0.494 e. The number of benzene rings is 2. The number of aromatic nitrogens is 1. The summed E-state index contributed by atoms with van der Waals surface area (Å²) in [6.07, 6.45) is 7.36. The van der Waals surface area contributed by atoms with Crippen LogP contribution in [0.1, 0.15) is 73.4 Å². The van der Waals surface area contributed by atoms with Crippen molar-refractivity contribution in [2.24, 2.45) is 11.1 Å². The smallest absolute Gasteiger partial charge is 0.274 e. The first-order valence-electron chi connectivity index (χ1n) is 20.1. The number of β-amino-alcohol motifs (C(OH)–C–C–N with tert-alkyl or cyclic N) is 1. The van der Waals surface area contributed by atoms with Gasteiger partial charge in [0.05, 0.1) is 30.3 Å². The van der Waals surface area contributed by atoms with Crippen LogP contribution in [-0.4, -0.2) is 114 Å². The van der Waals surface area contributed by atoms with Crippen molar-refractivity contribution in [1.29, 1.82) is 5.41 Å². The highest BCUT2D eigenvalue weighted by molar-refractivity contribution is 6.04. The lowest BCUT2D eigenvalue weighted by Crippen LogP contribution is -2.58. The fourth-order valence-electron chi connectivity index (χ4n) is 7.51. The number of allylic oxidation sites excluding steroid dienone is 1. The number of carbonyl (C=O) groups is 4. The van der Waals surface area contributed by atoms with Gasteiger partial charge in [-0.3, -0.25) is 24.1 Å². The summed E-state index contributed by atoms with van der Waals surface area (Å²) in [4.78, 5) is 64.3. The van der Waals surface area contributed by atoms with E-state index in [4.69, 9.17) is 22.3 Å². The molecule has 15 heteroatoms. The first-order chi connectivity index (χ1) is 28.5. The molecule has 0 spiro atoms. The Balaban J connectivity index is 1.15. The van der Waals surface area contributed by atoms with Crippen LogP contribution in [0.25, 0.3) is 5.70 Å². The van der Waals surface area contributed by atoms with Crippen molar-refractivity contribution in [2.75, 3.05) is 50.1 Å². The van der Waals surface area contributed by atoms with Gasteiger partial charge in [-0.15, -0.1) is 6.42 Å². The fraction of sp³-hybridized carbons (Fsp3) is 0.422. The molecule has 0 aliphatic carbocycles. The number of rotatable bonds is 14. The summed E-state index contributed by atoms with van der Waals surface area (Å²) < 4.78 is 5.65. The van der Waals surface area contributed by atoms with Gasteiger partial charge >= 0.3 is 0 Å². The van der Waals surface area contributed by atoms with E-state index in [2.05, 4.69) is 43.6 Å². The summed E-state index contributed by atoms with van der Waals surface area (Å²) in [6, 6.07) is 14.3. The number of aliphatic hydroxyl groups is 1. The van der Waals surface area contributed by atoms with Crippen molar-refractivity contribution in [3.63, 3.8) is 0 Å².